The molecule has 126 valence electrons. The van der Waals surface area contributed by atoms with Gasteiger partial charge in [-0.15, -0.1) is 0 Å². The van der Waals surface area contributed by atoms with Crippen LogP contribution >= 0.6 is 0 Å². The molecule has 3 nitrogen and oxygen atoms in total. The first kappa shape index (κ1) is 16.9. The Morgan fingerprint density at radius 2 is 1.48 bits per heavy atom. The van der Waals surface area contributed by atoms with Gasteiger partial charge in [0, 0.05) is 12.0 Å². The van der Waals surface area contributed by atoms with E-state index in [1.165, 1.54) is 0 Å². The van der Waals surface area contributed by atoms with Gasteiger partial charge in [0.2, 0.25) is 0 Å². The number of Topliss-reactive ketones (excluding diaryl/α,β-unsaturated/α-hetero) is 1. The molecule has 1 unspecified atom stereocenters. The summed E-state index contributed by atoms with van der Waals surface area (Å²) in [5, 5.41) is 10.2. The SMILES string of the molecule is O=C(c1cccc(OCc2ccccc2)c1)C(O)Cc1ccccc1. The minimum absolute atomic E-state index is 0.297. The van der Waals surface area contributed by atoms with Gasteiger partial charge in [-0.25, -0.2) is 0 Å². The number of aliphatic hydroxyl groups is 1. The fraction of sp³-hybridized carbons (Fsp3) is 0.136. The standard InChI is InChI=1S/C22H20O3/c23-21(14-17-8-3-1-4-9-17)22(24)19-12-7-13-20(15-19)25-16-18-10-5-2-6-11-18/h1-13,15,21,23H,14,16H2. The fourth-order valence-corrected chi connectivity index (χ4v) is 2.60. The molecule has 0 aliphatic heterocycles. The van der Waals surface area contributed by atoms with E-state index in [1.54, 1.807) is 18.2 Å². The Balaban J connectivity index is 1.64. The zero-order valence-electron chi connectivity index (χ0n) is 13.8. The van der Waals surface area contributed by atoms with E-state index in [0.29, 0.717) is 24.3 Å². The molecule has 1 atom stereocenters. The summed E-state index contributed by atoms with van der Waals surface area (Å²) in [6.45, 7) is 0.436. The summed E-state index contributed by atoms with van der Waals surface area (Å²) in [7, 11) is 0. The summed E-state index contributed by atoms with van der Waals surface area (Å²) in [6, 6.07) is 26.3. The minimum atomic E-state index is -1.06. The van der Waals surface area contributed by atoms with Crippen molar-refractivity contribution >= 4 is 5.78 Å². The van der Waals surface area contributed by atoms with Gasteiger partial charge in [0.25, 0.3) is 0 Å². The maximum atomic E-state index is 12.5. The van der Waals surface area contributed by atoms with Gasteiger partial charge in [0.05, 0.1) is 0 Å². The molecular formula is C22H20O3. The highest BCUT2D eigenvalue weighted by Gasteiger charge is 2.18. The van der Waals surface area contributed by atoms with Crippen molar-refractivity contribution in [3.63, 3.8) is 0 Å². The van der Waals surface area contributed by atoms with Gasteiger partial charge >= 0.3 is 0 Å². The normalized spacial score (nSPS) is 11.7. The van der Waals surface area contributed by atoms with Gasteiger partial charge in [-0.05, 0) is 23.3 Å². The number of rotatable bonds is 7. The summed E-state index contributed by atoms with van der Waals surface area (Å²) in [4.78, 5) is 12.5. The van der Waals surface area contributed by atoms with Gasteiger partial charge in [-0.1, -0.05) is 72.8 Å². The smallest absolute Gasteiger partial charge is 0.191 e. The lowest BCUT2D eigenvalue weighted by molar-refractivity contribution is 0.0747. The maximum Gasteiger partial charge on any atom is 0.191 e. The third kappa shape index (κ3) is 4.78. The highest BCUT2D eigenvalue weighted by Crippen LogP contribution is 2.17. The number of hydrogen-bond donors (Lipinski definition) is 1. The Hall–Kier alpha value is -2.91. The molecule has 1 N–H and O–H groups in total. The molecule has 0 heterocycles. The third-order valence-corrected chi connectivity index (χ3v) is 3.94. The molecule has 0 bridgehead atoms. The van der Waals surface area contributed by atoms with E-state index in [2.05, 4.69) is 0 Å². The van der Waals surface area contributed by atoms with Crippen molar-refractivity contribution in [2.24, 2.45) is 0 Å². The molecule has 3 aromatic carbocycles. The topological polar surface area (TPSA) is 46.5 Å². The molecule has 0 aliphatic carbocycles. The number of ketones is 1. The van der Waals surface area contributed by atoms with Gasteiger partial charge in [-0.3, -0.25) is 4.79 Å². The van der Waals surface area contributed by atoms with Crippen LogP contribution in [0.5, 0.6) is 5.75 Å². The zero-order chi connectivity index (χ0) is 17.5. The summed E-state index contributed by atoms with van der Waals surface area (Å²) in [6.07, 6.45) is -0.763. The van der Waals surface area contributed by atoms with Crippen LogP contribution in [0.4, 0.5) is 0 Å². The van der Waals surface area contributed by atoms with Crippen LogP contribution in [0.2, 0.25) is 0 Å². The molecule has 0 radical (unpaired) electrons. The number of carbonyl (C=O) groups excluding carboxylic acids is 1. The summed E-state index contributed by atoms with van der Waals surface area (Å²) < 4.78 is 5.75. The molecule has 0 amide bonds. The van der Waals surface area contributed by atoms with Crippen LogP contribution in [-0.2, 0) is 13.0 Å². The Morgan fingerprint density at radius 1 is 0.840 bits per heavy atom. The Morgan fingerprint density at radius 3 is 2.16 bits per heavy atom. The van der Waals surface area contributed by atoms with Crippen LogP contribution in [0.3, 0.4) is 0 Å². The highest BCUT2D eigenvalue weighted by atomic mass is 16.5. The number of ether oxygens (including phenoxy) is 1. The van der Waals surface area contributed by atoms with E-state index >= 15 is 0 Å². The minimum Gasteiger partial charge on any atom is -0.489 e. The molecule has 3 aromatic rings. The fourth-order valence-electron chi connectivity index (χ4n) is 2.60. The van der Waals surface area contributed by atoms with Crippen molar-refractivity contribution in [1.29, 1.82) is 0 Å². The van der Waals surface area contributed by atoms with Crippen LogP contribution in [0.15, 0.2) is 84.9 Å². The monoisotopic (exact) mass is 332 g/mol. The molecule has 0 saturated carbocycles. The number of hydrogen-bond acceptors (Lipinski definition) is 3. The van der Waals surface area contributed by atoms with E-state index in [0.717, 1.165) is 11.1 Å². The lowest BCUT2D eigenvalue weighted by Crippen LogP contribution is -2.23. The average molecular weight is 332 g/mol. The molecule has 0 aromatic heterocycles. The second-order valence-electron chi connectivity index (χ2n) is 5.87. The van der Waals surface area contributed by atoms with E-state index < -0.39 is 6.10 Å². The molecule has 0 aliphatic rings. The maximum absolute atomic E-state index is 12.5. The van der Waals surface area contributed by atoms with Crippen molar-refractivity contribution in [2.45, 2.75) is 19.1 Å². The van der Waals surface area contributed by atoms with Crippen LogP contribution in [0.25, 0.3) is 0 Å². The second-order valence-corrected chi connectivity index (χ2v) is 5.87. The third-order valence-electron chi connectivity index (χ3n) is 3.94. The van der Waals surface area contributed by atoms with Crippen molar-refractivity contribution in [1.82, 2.24) is 0 Å². The predicted molar refractivity (Wildman–Crippen MR) is 97.7 cm³/mol. The molecule has 3 heteroatoms. The number of benzene rings is 3. The Labute approximate surface area is 147 Å². The molecule has 0 spiro atoms. The molecule has 25 heavy (non-hydrogen) atoms. The molecule has 0 saturated heterocycles. The van der Waals surface area contributed by atoms with Gasteiger partial charge in [0.1, 0.15) is 18.5 Å². The Kier molecular flexibility index (Phi) is 5.60. The second kappa shape index (κ2) is 8.27. The molecule has 0 fully saturated rings. The first-order valence-electron chi connectivity index (χ1n) is 8.25. The van der Waals surface area contributed by atoms with Crippen LogP contribution in [-0.4, -0.2) is 17.0 Å². The first-order chi connectivity index (χ1) is 12.2. The first-order valence-corrected chi connectivity index (χ1v) is 8.25. The van der Waals surface area contributed by atoms with Gasteiger partial charge < -0.3 is 9.84 Å². The predicted octanol–water partition coefficient (Wildman–Crippen LogP) is 4.05. The van der Waals surface area contributed by atoms with E-state index in [1.807, 2.05) is 66.7 Å². The van der Waals surface area contributed by atoms with Gasteiger partial charge in [0.15, 0.2) is 5.78 Å². The van der Waals surface area contributed by atoms with Crippen LogP contribution in [0, 0.1) is 0 Å². The van der Waals surface area contributed by atoms with Crippen molar-refractivity contribution in [2.75, 3.05) is 0 Å². The van der Waals surface area contributed by atoms with E-state index in [-0.39, 0.29) is 5.78 Å². The lowest BCUT2D eigenvalue weighted by Gasteiger charge is -2.11. The van der Waals surface area contributed by atoms with Crippen LogP contribution < -0.4 is 4.74 Å². The van der Waals surface area contributed by atoms with Crippen LogP contribution in [0.1, 0.15) is 21.5 Å². The number of carbonyl (C=O) groups is 1. The molecular weight excluding hydrogens is 312 g/mol. The van der Waals surface area contributed by atoms with E-state index in [4.69, 9.17) is 4.74 Å². The highest BCUT2D eigenvalue weighted by molar-refractivity contribution is 5.99. The van der Waals surface area contributed by atoms with Crippen molar-refractivity contribution < 1.29 is 14.6 Å². The van der Waals surface area contributed by atoms with Crippen molar-refractivity contribution in [3.8, 4) is 5.75 Å². The lowest BCUT2D eigenvalue weighted by atomic mass is 10.00. The largest absolute Gasteiger partial charge is 0.489 e. The van der Waals surface area contributed by atoms with Gasteiger partial charge in [-0.2, -0.15) is 0 Å². The van der Waals surface area contributed by atoms with E-state index in [9.17, 15) is 9.90 Å². The summed E-state index contributed by atoms with van der Waals surface area (Å²) in [5.41, 5.74) is 2.44. The summed E-state index contributed by atoms with van der Waals surface area (Å²) in [5.74, 6) is 0.315. The average Bonchev–Trinajstić information content (AvgIpc) is 2.67. The zero-order valence-corrected chi connectivity index (χ0v) is 13.8. The number of aliphatic hydroxyl groups excluding tert-OH is 1. The quantitative estimate of drug-likeness (QED) is 0.664. The Bertz CT molecular complexity index is 813. The summed E-state index contributed by atoms with van der Waals surface area (Å²) >= 11 is 0. The molecule has 3 rings (SSSR count). The van der Waals surface area contributed by atoms with Crippen molar-refractivity contribution in [3.05, 3.63) is 102 Å².